The van der Waals surface area contributed by atoms with E-state index in [2.05, 4.69) is 10.2 Å². The van der Waals surface area contributed by atoms with E-state index in [1.54, 1.807) is 13.0 Å². The first kappa shape index (κ1) is 20.5. The summed E-state index contributed by atoms with van der Waals surface area (Å²) in [6.07, 6.45) is -0.765. The Bertz CT molecular complexity index is 1380. The first-order valence-electron chi connectivity index (χ1n) is 10.5. The van der Waals surface area contributed by atoms with E-state index >= 15 is 0 Å². The molecule has 2 heterocycles. The lowest BCUT2D eigenvalue weighted by molar-refractivity contribution is 0.0243. The molecule has 7 nitrogen and oxygen atoms in total. The largest absolute Gasteiger partial charge is 0.489 e. The van der Waals surface area contributed by atoms with E-state index in [4.69, 9.17) is 18.3 Å². The van der Waals surface area contributed by atoms with Gasteiger partial charge in [-0.3, -0.25) is 0 Å². The van der Waals surface area contributed by atoms with Crippen molar-refractivity contribution in [2.75, 3.05) is 0 Å². The van der Waals surface area contributed by atoms with Gasteiger partial charge < -0.3 is 18.3 Å². The number of aromatic nitrogens is 2. The summed E-state index contributed by atoms with van der Waals surface area (Å²) in [6.45, 7) is 1.82. The molecule has 0 amide bonds. The summed E-state index contributed by atoms with van der Waals surface area (Å²) in [7, 11) is 0. The van der Waals surface area contributed by atoms with Crippen molar-refractivity contribution in [1.82, 2.24) is 10.2 Å². The molecule has 1 atom stereocenters. The van der Waals surface area contributed by atoms with Crippen molar-refractivity contribution in [1.29, 1.82) is 0 Å². The van der Waals surface area contributed by atoms with E-state index in [-0.39, 0.29) is 18.3 Å². The summed E-state index contributed by atoms with van der Waals surface area (Å²) in [5, 5.41) is 8.87. The lowest BCUT2D eigenvalue weighted by Crippen LogP contribution is -2.11. The van der Waals surface area contributed by atoms with Crippen molar-refractivity contribution in [3.63, 3.8) is 0 Å². The number of fused-ring (bicyclic) bond motifs is 1. The van der Waals surface area contributed by atoms with Crippen molar-refractivity contribution in [3.05, 3.63) is 102 Å². The Balaban J connectivity index is 1.37. The number of nitrogens with zero attached hydrogens (tertiary/aromatic N) is 2. The van der Waals surface area contributed by atoms with E-state index in [0.717, 1.165) is 10.9 Å². The number of hydrogen-bond donors (Lipinski definition) is 0. The van der Waals surface area contributed by atoms with Gasteiger partial charge in [-0.15, -0.1) is 10.2 Å². The number of benzene rings is 3. The second-order valence-corrected chi connectivity index (χ2v) is 7.37. The van der Waals surface area contributed by atoms with Crippen molar-refractivity contribution in [3.8, 4) is 17.2 Å². The number of hydrogen-bond acceptors (Lipinski definition) is 7. The molecule has 0 bridgehead atoms. The molecule has 1 unspecified atom stereocenters. The molecule has 0 N–H and O–H groups in total. The predicted octanol–water partition coefficient (Wildman–Crippen LogP) is 5.98. The molecular formula is C26H20N2O5. The third kappa shape index (κ3) is 4.34. The van der Waals surface area contributed by atoms with Gasteiger partial charge in [-0.25, -0.2) is 4.79 Å². The Labute approximate surface area is 189 Å². The van der Waals surface area contributed by atoms with Crippen LogP contribution in [-0.2, 0) is 11.3 Å². The molecule has 0 saturated carbocycles. The Morgan fingerprint density at radius 2 is 1.58 bits per heavy atom. The monoisotopic (exact) mass is 440 g/mol. The average molecular weight is 440 g/mol. The van der Waals surface area contributed by atoms with Crippen LogP contribution in [0.3, 0.4) is 0 Å². The molecule has 0 aliphatic heterocycles. The van der Waals surface area contributed by atoms with Gasteiger partial charge in [-0.1, -0.05) is 54.6 Å². The third-order valence-corrected chi connectivity index (χ3v) is 5.10. The molecule has 3 aromatic carbocycles. The minimum Gasteiger partial charge on any atom is -0.489 e. The van der Waals surface area contributed by atoms with Gasteiger partial charge in [0.1, 0.15) is 17.9 Å². The molecule has 0 saturated heterocycles. The second kappa shape index (κ2) is 9.00. The number of rotatable bonds is 7. The van der Waals surface area contributed by atoms with Gasteiger partial charge in [0, 0.05) is 10.9 Å². The van der Waals surface area contributed by atoms with Gasteiger partial charge in [0.25, 0.3) is 5.89 Å². The van der Waals surface area contributed by atoms with E-state index in [0.29, 0.717) is 22.8 Å². The molecule has 33 heavy (non-hydrogen) atoms. The zero-order valence-electron chi connectivity index (χ0n) is 17.8. The normalized spacial score (nSPS) is 11.9. The van der Waals surface area contributed by atoms with E-state index in [1.165, 1.54) is 0 Å². The molecule has 0 fully saturated rings. The number of carbonyl (C=O) groups is 1. The fraction of sp³-hybridized carbons (Fsp3) is 0.115. The Hall–Kier alpha value is -4.39. The molecule has 0 spiro atoms. The molecule has 5 rings (SSSR count). The maximum absolute atomic E-state index is 13.0. The van der Waals surface area contributed by atoms with Gasteiger partial charge in [0.2, 0.25) is 11.7 Å². The van der Waals surface area contributed by atoms with Crippen molar-refractivity contribution in [2.24, 2.45) is 0 Å². The average Bonchev–Trinajstić information content (AvgIpc) is 3.50. The molecule has 5 aromatic rings. The zero-order valence-corrected chi connectivity index (χ0v) is 17.8. The fourth-order valence-electron chi connectivity index (χ4n) is 3.44. The first-order chi connectivity index (χ1) is 16.2. The van der Waals surface area contributed by atoms with Gasteiger partial charge in [-0.2, -0.15) is 0 Å². The predicted molar refractivity (Wildman–Crippen MR) is 121 cm³/mol. The second-order valence-electron chi connectivity index (χ2n) is 7.37. The van der Waals surface area contributed by atoms with Crippen molar-refractivity contribution < 1.29 is 23.1 Å². The minimum atomic E-state index is -0.765. The van der Waals surface area contributed by atoms with Crippen LogP contribution < -0.4 is 4.74 Å². The van der Waals surface area contributed by atoms with Gasteiger partial charge in [0.05, 0.1) is 5.56 Å². The number of ether oxygens (including phenoxy) is 2. The topological polar surface area (TPSA) is 87.6 Å². The smallest absolute Gasteiger partial charge is 0.375 e. The number of furan rings is 1. The van der Waals surface area contributed by atoms with Gasteiger partial charge in [-0.05, 0) is 37.3 Å². The lowest BCUT2D eigenvalue weighted by Gasteiger charge is -2.10. The number of esters is 1. The van der Waals surface area contributed by atoms with Crippen LogP contribution in [0.15, 0.2) is 93.8 Å². The highest BCUT2D eigenvalue weighted by molar-refractivity contribution is 5.96. The van der Waals surface area contributed by atoms with Crippen molar-refractivity contribution >= 4 is 16.9 Å². The molecule has 2 aromatic heterocycles. The molecular weight excluding hydrogens is 420 g/mol. The van der Waals surface area contributed by atoms with Crippen LogP contribution in [-0.4, -0.2) is 16.2 Å². The standard InChI is InChI=1S/C26H20N2O5/c1-17(24-27-28-25(33-24)18-10-4-2-5-11-18)31-26(29)23-21(16-30-19-12-6-3-7-13-19)20-14-8-9-15-22(20)32-23/h2-15,17H,16H2,1H3. The Morgan fingerprint density at radius 1 is 0.879 bits per heavy atom. The summed E-state index contributed by atoms with van der Waals surface area (Å²) in [5.74, 6) is 0.691. The summed E-state index contributed by atoms with van der Waals surface area (Å²) in [5.41, 5.74) is 1.97. The molecule has 0 aliphatic carbocycles. The highest BCUT2D eigenvalue weighted by Crippen LogP contribution is 2.30. The summed E-state index contributed by atoms with van der Waals surface area (Å²) >= 11 is 0. The van der Waals surface area contributed by atoms with Crippen LogP contribution >= 0.6 is 0 Å². The fourth-order valence-corrected chi connectivity index (χ4v) is 3.44. The lowest BCUT2D eigenvalue weighted by atomic mass is 10.1. The van der Waals surface area contributed by atoms with Crippen LogP contribution in [0.5, 0.6) is 5.75 Å². The Kier molecular flexibility index (Phi) is 5.59. The quantitative estimate of drug-likeness (QED) is 0.288. The van der Waals surface area contributed by atoms with Gasteiger partial charge >= 0.3 is 5.97 Å². The van der Waals surface area contributed by atoms with Crippen LogP contribution in [0, 0.1) is 0 Å². The molecule has 164 valence electrons. The maximum atomic E-state index is 13.0. The number of para-hydroxylation sites is 2. The molecule has 0 aliphatic rings. The minimum absolute atomic E-state index is 0.0850. The highest BCUT2D eigenvalue weighted by atomic mass is 16.6. The van der Waals surface area contributed by atoms with E-state index < -0.39 is 12.1 Å². The van der Waals surface area contributed by atoms with Crippen LogP contribution in [0.1, 0.15) is 35.0 Å². The SMILES string of the molecule is CC(OC(=O)c1oc2ccccc2c1COc1ccccc1)c1nnc(-c2ccccc2)o1. The number of carbonyl (C=O) groups excluding carboxylic acids is 1. The molecule has 7 heteroatoms. The van der Waals surface area contributed by atoms with Crippen LogP contribution in [0.25, 0.3) is 22.4 Å². The highest BCUT2D eigenvalue weighted by Gasteiger charge is 2.26. The van der Waals surface area contributed by atoms with Crippen LogP contribution in [0.2, 0.25) is 0 Å². The summed E-state index contributed by atoms with van der Waals surface area (Å²) < 4.78 is 23.0. The Morgan fingerprint density at radius 3 is 2.36 bits per heavy atom. The van der Waals surface area contributed by atoms with Crippen molar-refractivity contribution in [2.45, 2.75) is 19.6 Å². The summed E-state index contributed by atoms with van der Waals surface area (Å²) in [6, 6.07) is 26.2. The van der Waals surface area contributed by atoms with Crippen LogP contribution in [0.4, 0.5) is 0 Å². The summed E-state index contributed by atoms with van der Waals surface area (Å²) in [4.78, 5) is 13.0. The van der Waals surface area contributed by atoms with Gasteiger partial charge in [0.15, 0.2) is 6.10 Å². The molecule has 0 radical (unpaired) electrons. The van der Waals surface area contributed by atoms with E-state index in [1.807, 2.05) is 78.9 Å². The third-order valence-electron chi connectivity index (χ3n) is 5.10. The zero-order chi connectivity index (χ0) is 22.6. The first-order valence-corrected chi connectivity index (χ1v) is 10.5. The maximum Gasteiger partial charge on any atom is 0.375 e. The van der Waals surface area contributed by atoms with E-state index in [9.17, 15) is 4.79 Å².